The first-order valence-electron chi connectivity index (χ1n) is 6.88. The van der Waals surface area contributed by atoms with E-state index in [0.717, 1.165) is 13.0 Å². The van der Waals surface area contributed by atoms with Gasteiger partial charge >= 0.3 is 6.03 Å². The van der Waals surface area contributed by atoms with Crippen LogP contribution in [-0.4, -0.2) is 49.6 Å². The third-order valence-corrected chi connectivity index (χ3v) is 3.03. The Hall–Kier alpha value is -2.35. The molecule has 1 aromatic carbocycles. The van der Waals surface area contributed by atoms with Crippen molar-refractivity contribution in [3.05, 3.63) is 28.3 Å². The summed E-state index contributed by atoms with van der Waals surface area (Å²) in [5.74, 6) is 0.241. The first-order chi connectivity index (χ1) is 10.3. The van der Waals surface area contributed by atoms with Crippen molar-refractivity contribution in [3.63, 3.8) is 0 Å². The number of nitrogens with zero attached hydrogens (tertiary/aromatic N) is 2. The Morgan fingerprint density at radius 2 is 2.14 bits per heavy atom. The fourth-order valence-electron chi connectivity index (χ4n) is 1.80. The quantitative estimate of drug-likeness (QED) is 0.593. The molecule has 8 nitrogen and oxygen atoms in total. The van der Waals surface area contributed by atoms with Gasteiger partial charge in [0.2, 0.25) is 0 Å². The molecule has 2 amide bonds. The number of hydrogen-bond donors (Lipinski definition) is 2. The first-order valence-corrected chi connectivity index (χ1v) is 6.88. The summed E-state index contributed by atoms with van der Waals surface area (Å²) in [4.78, 5) is 24.2. The second-order valence-electron chi connectivity index (χ2n) is 5.23. The summed E-state index contributed by atoms with van der Waals surface area (Å²) in [5, 5.41) is 16.2. The van der Waals surface area contributed by atoms with Crippen molar-refractivity contribution in [2.75, 3.05) is 33.1 Å². The highest BCUT2D eigenvalue weighted by atomic mass is 16.6. The minimum atomic E-state index is -0.518. The molecular formula is C14H22N4O4. The van der Waals surface area contributed by atoms with Crippen LogP contribution in [0.2, 0.25) is 0 Å². The number of rotatable bonds is 7. The summed E-state index contributed by atoms with van der Waals surface area (Å²) in [6.07, 6.45) is 0.817. The van der Waals surface area contributed by atoms with E-state index in [2.05, 4.69) is 10.6 Å². The van der Waals surface area contributed by atoms with E-state index in [1.54, 1.807) is 0 Å². The van der Waals surface area contributed by atoms with Crippen molar-refractivity contribution in [1.82, 2.24) is 10.2 Å². The van der Waals surface area contributed by atoms with Gasteiger partial charge in [0.15, 0.2) is 0 Å². The summed E-state index contributed by atoms with van der Waals surface area (Å²) >= 11 is 0. The minimum absolute atomic E-state index is 0.00597. The number of nitrogens with one attached hydrogen (secondary N) is 2. The normalized spacial score (nSPS) is 11.9. The number of urea groups is 1. The molecule has 0 saturated heterocycles. The fourth-order valence-corrected chi connectivity index (χ4v) is 1.80. The van der Waals surface area contributed by atoms with E-state index >= 15 is 0 Å². The molecule has 0 radical (unpaired) electrons. The van der Waals surface area contributed by atoms with Gasteiger partial charge in [0, 0.05) is 12.1 Å². The molecule has 8 heteroatoms. The molecule has 0 aliphatic rings. The summed E-state index contributed by atoms with van der Waals surface area (Å²) in [6.45, 7) is 2.78. The number of ether oxygens (including phenoxy) is 1. The van der Waals surface area contributed by atoms with Crippen molar-refractivity contribution in [1.29, 1.82) is 0 Å². The van der Waals surface area contributed by atoms with Crippen LogP contribution in [0.5, 0.6) is 5.75 Å². The molecule has 0 spiro atoms. The molecular weight excluding hydrogens is 288 g/mol. The predicted molar refractivity (Wildman–Crippen MR) is 84.4 cm³/mol. The zero-order valence-corrected chi connectivity index (χ0v) is 13.3. The lowest BCUT2D eigenvalue weighted by Crippen LogP contribution is -2.37. The molecule has 0 bridgehead atoms. The van der Waals surface area contributed by atoms with E-state index in [-0.39, 0.29) is 23.5 Å². The van der Waals surface area contributed by atoms with Gasteiger partial charge in [-0.1, -0.05) is 0 Å². The molecule has 0 saturated carbocycles. The lowest BCUT2D eigenvalue weighted by molar-refractivity contribution is -0.384. The Labute approximate surface area is 129 Å². The molecule has 1 aromatic rings. The zero-order valence-electron chi connectivity index (χ0n) is 13.3. The summed E-state index contributed by atoms with van der Waals surface area (Å²) < 4.78 is 5.07. The monoisotopic (exact) mass is 310 g/mol. The third-order valence-electron chi connectivity index (χ3n) is 3.03. The maximum absolute atomic E-state index is 11.9. The number of carbonyl (C=O) groups is 1. The van der Waals surface area contributed by atoms with Gasteiger partial charge in [0.25, 0.3) is 5.69 Å². The first kappa shape index (κ1) is 17.7. The SMILES string of the molecule is COc1cc([N+](=O)[O-])ccc1NC(=O)N[C@H](C)CCN(C)C. The topological polar surface area (TPSA) is 96.7 Å². The predicted octanol–water partition coefficient (Wildman–Crippen LogP) is 2.07. The van der Waals surface area contributed by atoms with Crippen LogP contribution in [0.3, 0.4) is 0 Å². The van der Waals surface area contributed by atoms with Crippen LogP contribution in [0.4, 0.5) is 16.2 Å². The summed E-state index contributed by atoms with van der Waals surface area (Å²) in [7, 11) is 5.32. The molecule has 0 fully saturated rings. The van der Waals surface area contributed by atoms with Gasteiger partial charge in [-0.2, -0.15) is 0 Å². The van der Waals surface area contributed by atoms with Crippen LogP contribution in [0.25, 0.3) is 0 Å². The Balaban J connectivity index is 2.66. The second kappa shape index (κ2) is 8.18. The third kappa shape index (κ3) is 5.57. The highest BCUT2D eigenvalue weighted by Crippen LogP contribution is 2.28. The van der Waals surface area contributed by atoms with E-state index in [1.165, 1.54) is 25.3 Å². The Bertz CT molecular complexity index is 534. The Morgan fingerprint density at radius 1 is 1.45 bits per heavy atom. The van der Waals surface area contributed by atoms with Crippen molar-refractivity contribution in [3.8, 4) is 5.75 Å². The summed E-state index contributed by atoms with van der Waals surface area (Å²) in [5.41, 5.74) is 0.285. The molecule has 0 aliphatic heterocycles. The maximum atomic E-state index is 11.9. The van der Waals surface area contributed by atoms with Crippen molar-refractivity contribution in [2.45, 2.75) is 19.4 Å². The molecule has 0 aromatic heterocycles. The highest BCUT2D eigenvalue weighted by molar-refractivity contribution is 5.91. The molecule has 122 valence electrons. The van der Waals surface area contributed by atoms with Gasteiger partial charge in [-0.25, -0.2) is 4.79 Å². The number of nitro groups is 1. The Morgan fingerprint density at radius 3 is 2.68 bits per heavy atom. The molecule has 22 heavy (non-hydrogen) atoms. The molecule has 1 rings (SSSR count). The van der Waals surface area contributed by atoms with Gasteiger partial charge < -0.3 is 20.3 Å². The average molecular weight is 310 g/mol. The van der Waals surface area contributed by atoms with Gasteiger partial charge in [-0.05, 0) is 40.1 Å². The Kier molecular flexibility index (Phi) is 6.58. The molecule has 1 atom stereocenters. The van der Waals surface area contributed by atoms with Crippen LogP contribution < -0.4 is 15.4 Å². The van der Waals surface area contributed by atoms with E-state index in [0.29, 0.717) is 5.69 Å². The lowest BCUT2D eigenvalue weighted by Gasteiger charge is -2.17. The summed E-state index contributed by atoms with van der Waals surface area (Å²) in [6, 6.07) is 3.66. The standard InChI is InChI=1S/C14H22N4O4/c1-10(7-8-17(2)3)15-14(19)16-12-6-5-11(18(20)21)9-13(12)22-4/h5-6,9-10H,7-8H2,1-4H3,(H2,15,16,19)/t10-/m1/s1. The van der Waals surface area contributed by atoms with Crippen molar-refractivity contribution >= 4 is 17.4 Å². The van der Waals surface area contributed by atoms with Gasteiger partial charge in [0.05, 0.1) is 23.8 Å². The van der Waals surface area contributed by atoms with E-state index < -0.39 is 4.92 Å². The van der Waals surface area contributed by atoms with Gasteiger partial charge in [-0.3, -0.25) is 10.1 Å². The second-order valence-corrected chi connectivity index (χ2v) is 5.23. The number of amides is 2. The number of non-ortho nitro benzene ring substituents is 1. The highest BCUT2D eigenvalue weighted by Gasteiger charge is 2.14. The van der Waals surface area contributed by atoms with Crippen LogP contribution >= 0.6 is 0 Å². The average Bonchev–Trinajstić information content (AvgIpc) is 2.45. The van der Waals surface area contributed by atoms with E-state index in [1.807, 2.05) is 25.9 Å². The largest absolute Gasteiger partial charge is 0.494 e. The van der Waals surface area contributed by atoms with E-state index in [9.17, 15) is 14.9 Å². The van der Waals surface area contributed by atoms with Crippen molar-refractivity contribution in [2.24, 2.45) is 0 Å². The lowest BCUT2D eigenvalue weighted by atomic mass is 10.2. The van der Waals surface area contributed by atoms with Crippen LogP contribution in [-0.2, 0) is 0 Å². The maximum Gasteiger partial charge on any atom is 0.319 e. The number of anilines is 1. The molecule has 2 N–H and O–H groups in total. The van der Waals surface area contributed by atoms with Crippen LogP contribution in [0, 0.1) is 10.1 Å². The van der Waals surface area contributed by atoms with Crippen LogP contribution in [0.1, 0.15) is 13.3 Å². The number of methoxy groups -OCH3 is 1. The number of carbonyl (C=O) groups excluding carboxylic acids is 1. The molecule has 0 heterocycles. The van der Waals surface area contributed by atoms with Gasteiger partial charge in [0.1, 0.15) is 5.75 Å². The molecule has 0 aliphatic carbocycles. The fraction of sp³-hybridized carbons (Fsp3) is 0.500. The number of nitro benzene ring substituents is 1. The number of hydrogen-bond acceptors (Lipinski definition) is 5. The zero-order chi connectivity index (χ0) is 16.7. The number of benzene rings is 1. The molecule has 0 unspecified atom stereocenters. The van der Waals surface area contributed by atoms with Crippen LogP contribution in [0.15, 0.2) is 18.2 Å². The smallest absolute Gasteiger partial charge is 0.319 e. The van der Waals surface area contributed by atoms with Gasteiger partial charge in [-0.15, -0.1) is 0 Å². The van der Waals surface area contributed by atoms with Crippen molar-refractivity contribution < 1.29 is 14.5 Å². The minimum Gasteiger partial charge on any atom is -0.494 e. The van der Waals surface area contributed by atoms with E-state index in [4.69, 9.17) is 4.74 Å².